The summed E-state index contributed by atoms with van der Waals surface area (Å²) in [7, 11) is 0. The van der Waals surface area contributed by atoms with Gasteiger partial charge in [-0.1, -0.05) is 0 Å². The first kappa shape index (κ1) is 13.8. The molecule has 0 amide bonds. The van der Waals surface area contributed by atoms with Crippen LogP contribution in [-0.4, -0.2) is 69.9 Å². The molecule has 0 unspecified atom stereocenters. The van der Waals surface area contributed by atoms with Crippen LogP contribution < -0.4 is 0 Å². The molecule has 0 aromatic carbocycles. The van der Waals surface area contributed by atoms with Gasteiger partial charge in [-0.3, -0.25) is 4.90 Å². The maximum atomic E-state index is 9.02. The number of hydrogen-bond donors (Lipinski definition) is 4. The highest BCUT2D eigenvalue weighted by atomic mass is 16.3. The van der Waals surface area contributed by atoms with Crippen molar-refractivity contribution in [1.29, 1.82) is 0 Å². The monoisotopic (exact) mass is 207 g/mol. The molecule has 0 saturated carbocycles. The molecule has 86 valence electrons. The van der Waals surface area contributed by atoms with Gasteiger partial charge in [-0.2, -0.15) is 0 Å². The minimum absolute atomic E-state index is 0.0450. The first-order chi connectivity index (χ1) is 6.62. The Labute approximate surface area is 84.6 Å². The van der Waals surface area contributed by atoms with E-state index >= 15 is 0 Å². The fraction of sp³-hybridized carbons (Fsp3) is 1.00. The second-order valence-corrected chi connectivity index (χ2v) is 3.58. The molecular formula is C9H21NO4. The summed E-state index contributed by atoms with van der Waals surface area (Å²) >= 11 is 0. The van der Waals surface area contributed by atoms with Crippen LogP contribution in [0.3, 0.4) is 0 Å². The molecule has 0 rings (SSSR count). The highest BCUT2D eigenvalue weighted by molar-refractivity contribution is 4.80. The van der Waals surface area contributed by atoms with Crippen molar-refractivity contribution in [2.75, 3.05) is 26.4 Å². The molecular weight excluding hydrogens is 186 g/mol. The topological polar surface area (TPSA) is 84.2 Å². The second kappa shape index (κ2) is 7.14. The van der Waals surface area contributed by atoms with Crippen molar-refractivity contribution in [3.05, 3.63) is 0 Å². The van der Waals surface area contributed by atoms with Crippen LogP contribution in [0, 0.1) is 0 Å². The molecule has 0 aromatic heterocycles. The van der Waals surface area contributed by atoms with E-state index < -0.39 is 12.1 Å². The summed E-state index contributed by atoms with van der Waals surface area (Å²) in [5.74, 6) is 0. The molecule has 14 heavy (non-hydrogen) atoms. The van der Waals surface area contributed by atoms with Crippen molar-refractivity contribution >= 4 is 0 Å². The van der Waals surface area contributed by atoms with E-state index in [0.717, 1.165) is 0 Å². The summed E-state index contributed by atoms with van der Waals surface area (Å²) < 4.78 is 0. The molecule has 0 aliphatic rings. The van der Waals surface area contributed by atoms with Gasteiger partial charge in [-0.05, 0) is 13.8 Å². The molecule has 5 nitrogen and oxygen atoms in total. The lowest BCUT2D eigenvalue weighted by Crippen LogP contribution is -2.53. The van der Waals surface area contributed by atoms with Gasteiger partial charge in [-0.15, -0.1) is 0 Å². The molecule has 5 heteroatoms. The van der Waals surface area contributed by atoms with E-state index in [1.807, 2.05) is 13.8 Å². The van der Waals surface area contributed by atoms with Crippen molar-refractivity contribution in [3.63, 3.8) is 0 Å². The standard InChI is InChI=1S/C9H21NO4/c1-7(2)10(8(3-11)4-12)9(5-13)6-14/h7-9,11-14H,3-6H2,1-2H3. The number of rotatable bonds is 7. The van der Waals surface area contributed by atoms with Crippen LogP contribution in [0.4, 0.5) is 0 Å². The normalized spacial score (nSPS) is 12.4. The van der Waals surface area contributed by atoms with E-state index in [1.54, 1.807) is 4.90 Å². The van der Waals surface area contributed by atoms with Gasteiger partial charge in [-0.25, -0.2) is 0 Å². The summed E-state index contributed by atoms with van der Waals surface area (Å²) in [5.41, 5.74) is 0. The third kappa shape index (κ3) is 3.51. The van der Waals surface area contributed by atoms with Gasteiger partial charge in [0.15, 0.2) is 0 Å². The lowest BCUT2D eigenvalue weighted by atomic mass is 10.1. The Morgan fingerprint density at radius 3 is 1.21 bits per heavy atom. The quantitative estimate of drug-likeness (QED) is 0.404. The number of nitrogens with zero attached hydrogens (tertiary/aromatic N) is 1. The van der Waals surface area contributed by atoms with Crippen molar-refractivity contribution < 1.29 is 20.4 Å². The van der Waals surface area contributed by atoms with Gasteiger partial charge in [0.1, 0.15) is 0 Å². The number of hydrogen-bond acceptors (Lipinski definition) is 5. The average Bonchev–Trinajstić information content (AvgIpc) is 2.18. The molecule has 4 N–H and O–H groups in total. The number of aliphatic hydroxyl groups is 4. The van der Waals surface area contributed by atoms with Crippen LogP contribution in [0.5, 0.6) is 0 Å². The van der Waals surface area contributed by atoms with Crippen LogP contribution in [0.1, 0.15) is 13.8 Å². The smallest absolute Gasteiger partial charge is 0.0609 e. The summed E-state index contributed by atoms with van der Waals surface area (Å²) in [4.78, 5) is 1.72. The average molecular weight is 207 g/mol. The SMILES string of the molecule is CC(C)N(C(CO)CO)C(CO)CO. The van der Waals surface area contributed by atoms with Gasteiger partial charge in [0, 0.05) is 6.04 Å². The van der Waals surface area contributed by atoms with Gasteiger partial charge in [0.05, 0.1) is 38.5 Å². The molecule has 0 saturated heterocycles. The molecule has 0 aliphatic heterocycles. The Morgan fingerprint density at radius 2 is 1.07 bits per heavy atom. The van der Waals surface area contributed by atoms with E-state index in [2.05, 4.69) is 0 Å². The van der Waals surface area contributed by atoms with E-state index in [-0.39, 0.29) is 32.5 Å². The van der Waals surface area contributed by atoms with Gasteiger partial charge in [0.25, 0.3) is 0 Å². The highest BCUT2D eigenvalue weighted by Gasteiger charge is 2.26. The maximum absolute atomic E-state index is 9.02. The molecule has 0 fully saturated rings. The Hall–Kier alpha value is -0.200. The summed E-state index contributed by atoms with van der Waals surface area (Å²) in [6, 6.07) is -0.817. The van der Waals surface area contributed by atoms with Crippen LogP contribution >= 0.6 is 0 Å². The predicted octanol–water partition coefficient (Wildman–Crippen LogP) is -1.60. The van der Waals surface area contributed by atoms with Gasteiger partial charge in [0.2, 0.25) is 0 Å². The summed E-state index contributed by atoms with van der Waals surface area (Å²) in [5, 5.41) is 36.1. The second-order valence-electron chi connectivity index (χ2n) is 3.58. The fourth-order valence-corrected chi connectivity index (χ4v) is 1.63. The van der Waals surface area contributed by atoms with E-state index in [9.17, 15) is 0 Å². The zero-order valence-electron chi connectivity index (χ0n) is 8.80. The predicted molar refractivity (Wildman–Crippen MR) is 52.9 cm³/mol. The first-order valence-electron chi connectivity index (χ1n) is 4.83. The van der Waals surface area contributed by atoms with Crippen LogP contribution in [-0.2, 0) is 0 Å². The van der Waals surface area contributed by atoms with Crippen LogP contribution in [0.15, 0.2) is 0 Å². The Morgan fingerprint density at radius 1 is 0.786 bits per heavy atom. The molecule has 0 bridgehead atoms. The van der Waals surface area contributed by atoms with E-state index in [1.165, 1.54) is 0 Å². The van der Waals surface area contributed by atoms with E-state index in [0.29, 0.717) is 0 Å². The van der Waals surface area contributed by atoms with Crippen LogP contribution in [0.2, 0.25) is 0 Å². The van der Waals surface area contributed by atoms with Gasteiger partial charge < -0.3 is 20.4 Å². The minimum atomic E-state index is -0.431. The molecule has 0 aromatic rings. The molecule has 0 spiro atoms. The lowest BCUT2D eigenvalue weighted by Gasteiger charge is -2.37. The van der Waals surface area contributed by atoms with Crippen molar-refractivity contribution in [2.24, 2.45) is 0 Å². The van der Waals surface area contributed by atoms with Crippen molar-refractivity contribution in [3.8, 4) is 0 Å². The molecule has 0 radical (unpaired) electrons. The van der Waals surface area contributed by atoms with Gasteiger partial charge >= 0.3 is 0 Å². The largest absolute Gasteiger partial charge is 0.395 e. The Kier molecular flexibility index (Phi) is 7.04. The maximum Gasteiger partial charge on any atom is 0.0609 e. The third-order valence-electron chi connectivity index (χ3n) is 2.28. The fourth-order valence-electron chi connectivity index (χ4n) is 1.63. The van der Waals surface area contributed by atoms with Crippen LogP contribution in [0.25, 0.3) is 0 Å². The Bertz CT molecular complexity index is 123. The molecule has 0 heterocycles. The van der Waals surface area contributed by atoms with Crippen molar-refractivity contribution in [2.45, 2.75) is 32.0 Å². The molecule has 0 aliphatic carbocycles. The number of aliphatic hydroxyl groups excluding tert-OH is 4. The molecule has 0 atom stereocenters. The van der Waals surface area contributed by atoms with Crippen molar-refractivity contribution in [1.82, 2.24) is 4.90 Å². The zero-order valence-corrected chi connectivity index (χ0v) is 8.80. The third-order valence-corrected chi connectivity index (χ3v) is 2.28. The first-order valence-corrected chi connectivity index (χ1v) is 4.83. The minimum Gasteiger partial charge on any atom is -0.395 e. The zero-order chi connectivity index (χ0) is 11.1. The summed E-state index contributed by atoms with van der Waals surface area (Å²) in [6.07, 6.45) is 0. The lowest BCUT2D eigenvalue weighted by molar-refractivity contribution is -0.0170. The summed E-state index contributed by atoms with van der Waals surface area (Å²) in [6.45, 7) is 3.01. The highest BCUT2D eigenvalue weighted by Crippen LogP contribution is 2.10. The van der Waals surface area contributed by atoms with E-state index in [4.69, 9.17) is 20.4 Å². The Balaban J connectivity index is 4.54.